The normalized spacial score (nSPS) is 10.3. The van der Waals surface area contributed by atoms with E-state index in [1.807, 2.05) is 32.0 Å². The number of halogens is 1. The number of amides is 1. The lowest BCUT2D eigenvalue weighted by atomic mass is 10.0. The zero-order chi connectivity index (χ0) is 14.7. The molecule has 0 aromatic heterocycles. The fourth-order valence-electron chi connectivity index (χ4n) is 1.99. The Balaban J connectivity index is 2.06. The first kappa shape index (κ1) is 14.1. The average Bonchev–Trinajstić information content (AvgIpc) is 2.32. The number of aryl methyl sites for hydroxylation is 2. The van der Waals surface area contributed by atoms with Crippen LogP contribution < -0.4 is 11.1 Å². The van der Waals surface area contributed by atoms with Crippen molar-refractivity contribution in [3.8, 4) is 0 Å². The van der Waals surface area contributed by atoms with Crippen molar-refractivity contribution in [3.63, 3.8) is 0 Å². The molecule has 0 saturated carbocycles. The zero-order valence-electron chi connectivity index (χ0n) is 11.5. The van der Waals surface area contributed by atoms with E-state index in [4.69, 9.17) is 5.73 Å². The summed E-state index contributed by atoms with van der Waals surface area (Å²) in [6, 6.07) is 9.86. The molecule has 0 spiro atoms. The van der Waals surface area contributed by atoms with Crippen LogP contribution >= 0.6 is 0 Å². The number of rotatable bonds is 3. The molecule has 0 aliphatic carbocycles. The molecule has 104 valence electrons. The molecule has 3 nitrogen and oxygen atoms in total. The van der Waals surface area contributed by atoms with Crippen LogP contribution in [0.2, 0.25) is 0 Å². The van der Waals surface area contributed by atoms with E-state index < -0.39 is 5.82 Å². The van der Waals surface area contributed by atoms with Crippen LogP contribution in [-0.4, -0.2) is 5.91 Å². The van der Waals surface area contributed by atoms with Gasteiger partial charge in [0.2, 0.25) is 5.91 Å². The van der Waals surface area contributed by atoms with Gasteiger partial charge in [-0.15, -0.1) is 0 Å². The Morgan fingerprint density at radius 3 is 2.55 bits per heavy atom. The molecule has 0 aliphatic heterocycles. The van der Waals surface area contributed by atoms with Crippen molar-refractivity contribution < 1.29 is 9.18 Å². The molecule has 0 bridgehead atoms. The highest BCUT2D eigenvalue weighted by molar-refractivity contribution is 5.92. The Hall–Kier alpha value is -2.36. The lowest BCUT2D eigenvalue weighted by molar-refractivity contribution is -0.115. The lowest BCUT2D eigenvalue weighted by Crippen LogP contribution is -2.14. The summed E-state index contributed by atoms with van der Waals surface area (Å²) in [7, 11) is 0. The summed E-state index contributed by atoms with van der Waals surface area (Å²) in [5.74, 6) is -0.662. The largest absolute Gasteiger partial charge is 0.399 e. The molecule has 3 N–H and O–H groups in total. The van der Waals surface area contributed by atoms with Gasteiger partial charge in [0.1, 0.15) is 5.82 Å². The van der Waals surface area contributed by atoms with Gasteiger partial charge in [0.05, 0.1) is 6.42 Å². The maximum Gasteiger partial charge on any atom is 0.228 e. The topological polar surface area (TPSA) is 55.1 Å². The van der Waals surface area contributed by atoms with Gasteiger partial charge in [-0.05, 0) is 48.7 Å². The molecule has 0 atom stereocenters. The van der Waals surface area contributed by atoms with Gasteiger partial charge in [-0.25, -0.2) is 4.39 Å². The van der Waals surface area contributed by atoms with Crippen LogP contribution in [0, 0.1) is 19.7 Å². The lowest BCUT2D eigenvalue weighted by Gasteiger charge is -2.08. The SMILES string of the molecule is Cc1ccc(CC(=O)Nc2cc(N)cc(F)c2)cc1C. The van der Waals surface area contributed by atoms with Gasteiger partial charge in [-0.1, -0.05) is 18.2 Å². The number of benzene rings is 2. The number of carbonyl (C=O) groups is 1. The highest BCUT2D eigenvalue weighted by Crippen LogP contribution is 2.16. The highest BCUT2D eigenvalue weighted by atomic mass is 19.1. The van der Waals surface area contributed by atoms with Crippen molar-refractivity contribution in [2.24, 2.45) is 0 Å². The van der Waals surface area contributed by atoms with Crippen molar-refractivity contribution in [2.45, 2.75) is 20.3 Å². The fourth-order valence-corrected chi connectivity index (χ4v) is 1.99. The summed E-state index contributed by atoms with van der Waals surface area (Å²) >= 11 is 0. The standard InChI is InChI=1S/C16H17FN2O/c1-10-3-4-12(5-11(10)2)6-16(20)19-15-8-13(17)7-14(18)9-15/h3-5,7-9H,6,18H2,1-2H3,(H,19,20). The monoisotopic (exact) mass is 272 g/mol. The summed E-state index contributed by atoms with van der Waals surface area (Å²) < 4.78 is 13.2. The molecular weight excluding hydrogens is 255 g/mol. The molecule has 4 heteroatoms. The molecule has 0 fully saturated rings. The number of anilines is 2. The molecule has 0 heterocycles. The fraction of sp³-hybridized carbons (Fsp3) is 0.188. The first-order valence-corrected chi connectivity index (χ1v) is 6.36. The van der Waals surface area contributed by atoms with Crippen LogP contribution in [0.5, 0.6) is 0 Å². The Morgan fingerprint density at radius 2 is 1.90 bits per heavy atom. The van der Waals surface area contributed by atoms with Crippen LogP contribution in [0.4, 0.5) is 15.8 Å². The summed E-state index contributed by atoms with van der Waals surface area (Å²) in [6.45, 7) is 4.03. The van der Waals surface area contributed by atoms with Gasteiger partial charge < -0.3 is 11.1 Å². The third-order valence-corrected chi connectivity index (χ3v) is 3.14. The van der Waals surface area contributed by atoms with E-state index in [1.54, 1.807) is 0 Å². The number of hydrogen-bond acceptors (Lipinski definition) is 2. The van der Waals surface area contributed by atoms with E-state index in [1.165, 1.54) is 23.8 Å². The van der Waals surface area contributed by atoms with Crippen LogP contribution in [0.3, 0.4) is 0 Å². The minimum Gasteiger partial charge on any atom is -0.399 e. The molecular formula is C16H17FN2O. The minimum absolute atomic E-state index is 0.196. The molecule has 2 aromatic rings. The first-order valence-electron chi connectivity index (χ1n) is 6.36. The van der Waals surface area contributed by atoms with Gasteiger partial charge >= 0.3 is 0 Å². The molecule has 0 aliphatic rings. The molecule has 0 radical (unpaired) electrons. The van der Waals surface area contributed by atoms with Crippen molar-refractivity contribution in [3.05, 3.63) is 58.9 Å². The van der Waals surface area contributed by atoms with E-state index in [-0.39, 0.29) is 18.0 Å². The number of hydrogen-bond donors (Lipinski definition) is 2. The van der Waals surface area contributed by atoms with E-state index in [0.717, 1.165) is 11.1 Å². The van der Waals surface area contributed by atoms with E-state index in [2.05, 4.69) is 5.32 Å². The van der Waals surface area contributed by atoms with Crippen LogP contribution in [0.15, 0.2) is 36.4 Å². The molecule has 2 aromatic carbocycles. The molecule has 2 rings (SSSR count). The molecule has 1 amide bonds. The maximum absolute atomic E-state index is 13.2. The second-order valence-corrected chi connectivity index (χ2v) is 4.92. The minimum atomic E-state index is -0.466. The van der Waals surface area contributed by atoms with E-state index in [0.29, 0.717) is 5.69 Å². The van der Waals surface area contributed by atoms with Gasteiger partial charge in [0.15, 0.2) is 0 Å². The zero-order valence-corrected chi connectivity index (χ0v) is 11.5. The van der Waals surface area contributed by atoms with Crippen molar-refractivity contribution >= 4 is 17.3 Å². The van der Waals surface area contributed by atoms with E-state index in [9.17, 15) is 9.18 Å². The second-order valence-electron chi connectivity index (χ2n) is 4.92. The van der Waals surface area contributed by atoms with E-state index >= 15 is 0 Å². The Morgan fingerprint density at radius 1 is 1.15 bits per heavy atom. The smallest absolute Gasteiger partial charge is 0.228 e. The Labute approximate surface area is 117 Å². The number of carbonyl (C=O) groups excluding carboxylic acids is 1. The number of nitrogens with one attached hydrogen (secondary N) is 1. The van der Waals surface area contributed by atoms with Crippen molar-refractivity contribution in [2.75, 3.05) is 11.1 Å². The summed E-state index contributed by atoms with van der Waals surface area (Å²) in [5.41, 5.74) is 9.45. The third kappa shape index (κ3) is 3.57. The second kappa shape index (κ2) is 5.74. The van der Waals surface area contributed by atoms with Crippen LogP contribution in [0.25, 0.3) is 0 Å². The summed E-state index contributed by atoms with van der Waals surface area (Å²) in [6.07, 6.45) is 0.248. The predicted octanol–water partition coefficient (Wildman–Crippen LogP) is 3.21. The maximum atomic E-state index is 13.2. The predicted molar refractivity (Wildman–Crippen MR) is 79.1 cm³/mol. The van der Waals surface area contributed by atoms with Crippen molar-refractivity contribution in [1.29, 1.82) is 0 Å². The summed E-state index contributed by atoms with van der Waals surface area (Å²) in [4.78, 5) is 11.9. The molecule has 0 saturated heterocycles. The Bertz CT molecular complexity index is 633. The Kier molecular flexibility index (Phi) is 4.03. The van der Waals surface area contributed by atoms with Crippen molar-refractivity contribution in [1.82, 2.24) is 0 Å². The van der Waals surface area contributed by atoms with Gasteiger partial charge in [-0.2, -0.15) is 0 Å². The van der Waals surface area contributed by atoms with Crippen LogP contribution in [-0.2, 0) is 11.2 Å². The summed E-state index contributed by atoms with van der Waals surface area (Å²) in [5, 5.41) is 2.65. The molecule has 0 unspecified atom stereocenters. The van der Waals surface area contributed by atoms with Crippen LogP contribution in [0.1, 0.15) is 16.7 Å². The van der Waals surface area contributed by atoms with Gasteiger partial charge in [0, 0.05) is 11.4 Å². The highest BCUT2D eigenvalue weighted by Gasteiger charge is 2.06. The first-order chi connectivity index (χ1) is 9.44. The quantitative estimate of drug-likeness (QED) is 0.843. The number of nitrogen functional groups attached to an aromatic ring is 1. The van der Waals surface area contributed by atoms with Gasteiger partial charge in [-0.3, -0.25) is 4.79 Å². The average molecular weight is 272 g/mol. The third-order valence-electron chi connectivity index (χ3n) is 3.14. The number of nitrogens with two attached hydrogens (primary N) is 1. The molecule has 20 heavy (non-hydrogen) atoms. The van der Waals surface area contributed by atoms with Gasteiger partial charge in [0.25, 0.3) is 0 Å².